The third kappa shape index (κ3) is 6.98. The first-order chi connectivity index (χ1) is 10.6. The van der Waals surface area contributed by atoms with Crippen molar-refractivity contribution in [3.8, 4) is 0 Å². The van der Waals surface area contributed by atoms with Crippen LogP contribution in [0.3, 0.4) is 0 Å². The molecule has 0 heterocycles. The molecule has 1 unspecified atom stereocenters. The van der Waals surface area contributed by atoms with Crippen molar-refractivity contribution in [1.29, 1.82) is 0 Å². The molecule has 23 heavy (non-hydrogen) atoms. The summed E-state index contributed by atoms with van der Waals surface area (Å²) in [6.45, 7) is 0. The van der Waals surface area contributed by atoms with Gasteiger partial charge in [-0.1, -0.05) is 25.7 Å². The maximum absolute atomic E-state index is 14.1. The lowest BCUT2D eigenvalue weighted by atomic mass is 10.1. The molecule has 0 aromatic heterocycles. The van der Waals surface area contributed by atoms with Crippen LogP contribution in [0.5, 0.6) is 0 Å². The highest BCUT2D eigenvalue weighted by Crippen LogP contribution is 2.36. The van der Waals surface area contributed by atoms with E-state index in [9.17, 15) is 26.3 Å². The van der Waals surface area contributed by atoms with Gasteiger partial charge in [-0.05, 0) is 12.8 Å². The Morgan fingerprint density at radius 2 is 1.22 bits per heavy atom. The predicted molar refractivity (Wildman–Crippen MR) is 75.0 cm³/mol. The van der Waals surface area contributed by atoms with Crippen LogP contribution in [0.25, 0.3) is 0 Å². The number of rotatable bonds is 12. The minimum Gasteiger partial charge on any atom is -0.373 e. The van der Waals surface area contributed by atoms with Gasteiger partial charge in [0.1, 0.15) is 0 Å². The zero-order valence-corrected chi connectivity index (χ0v) is 14.5. The Kier molecular flexibility index (Phi) is 9.71. The van der Waals surface area contributed by atoms with Gasteiger partial charge in [-0.15, -0.1) is 0 Å². The summed E-state index contributed by atoms with van der Waals surface area (Å²) < 4.78 is 91.6. The van der Waals surface area contributed by atoms with E-state index in [1.807, 2.05) is 0 Å². The van der Waals surface area contributed by atoms with Gasteiger partial charge >= 0.3 is 20.5 Å². The van der Waals surface area contributed by atoms with Gasteiger partial charge in [-0.3, -0.25) is 0 Å². The molecule has 0 radical (unpaired) electrons. The first-order valence-corrected chi connectivity index (χ1v) is 9.03. The zero-order chi connectivity index (χ0) is 18.1. The minimum atomic E-state index is -4.44. The fraction of sp³-hybridized carbons (Fsp3) is 1.00. The third-order valence-electron chi connectivity index (χ3n) is 3.53. The molecule has 0 saturated carbocycles. The van der Waals surface area contributed by atoms with Gasteiger partial charge in [-0.2, -0.15) is 22.0 Å². The van der Waals surface area contributed by atoms with E-state index in [4.69, 9.17) is 0 Å². The van der Waals surface area contributed by atoms with Crippen LogP contribution in [0, 0.1) is 0 Å². The van der Waals surface area contributed by atoms with E-state index >= 15 is 0 Å². The Bertz CT molecular complexity index is 315. The van der Waals surface area contributed by atoms with Crippen LogP contribution in [-0.2, 0) is 13.3 Å². The molecule has 0 rings (SSSR count). The van der Waals surface area contributed by atoms with E-state index in [2.05, 4.69) is 13.3 Å². The molecule has 0 amide bonds. The molecule has 0 saturated heterocycles. The lowest BCUT2D eigenvalue weighted by Crippen LogP contribution is -2.63. The van der Waals surface area contributed by atoms with E-state index in [0.717, 1.165) is 21.3 Å². The maximum atomic E-state index is 14.1. The monoisotopic (exact) mass is 370 g/mol. The Morgan fingerprint density at radius 3 is 1.65 bits per heavy atom. The van der Waals surface area contributed by atoms with Gasteiger partial charge in [0.05, 0.1) is 0 Å². The van der Waals surface area contributed by atoms with Crippen LogP contribution in [0.1, 0.15) is 44.9 Å². The van der Waals surface area contributed by atoms with Gasteiger partial charge in [0.15, 0.2) is 6.17 Å². The molecule has 1 atom stereocenters. The van der Waals surface area contributed by atoms with Crippen molar-refractivity contribution in [2.75, 3.05) is 21.3 Å². The molecular weight excluding hydrogens is 346 g/mol. The van der Waals surface area contributed by atoms with E-state index in [0.29, 0.717) is 19.3 Å². The average molecular weight is 370 g/mol. The quantitative estimate of drug-likeness (QED) is 0.284. The lowest BCUT2D eigenvalue weighted by Gasteiger charge is -2.33. The van der Waals surface area contributed by atoms with Gasteiger partial charge in [0.2, 0.25) is 0 Å². The summed E-state index contributed by atoms with van der Waals surface area (Å²) in [6, 6.07) is 0. The summed E-state index contributed by atoms with van der Waals surface area (Å²) in [4.78, 5) is 0. The molecule has 0 aliphatic rings. The fourth-order valence-corrected chi connectivity index (χ4v) is 4.06. The van der Waals surface area contributed by atoms with E-state index < -0.39 is 39.5 Å². The first-order valence-electron chi connectivity index (χ1n) is 7.30. The summed E-state index contributed by atoms with van der Waals surface area (Å²) in [5.41, 5.74) is -3.89. The van der Waals surface area contributed by atoms with Crippen molar-refractivity contribution in [2.24, 2.45) is 0 Å². The summed E-state index contributed by atoms with van der Waals surface area (Å²) in [7, 11) is -1.53. The smallest absolute Gasteiger partial charge is 0.373 e. The highest BCUT2D eigenvalue weighted by Gasteiger charge is 2.67. The molecular formula is C13H24F6O3Si. The van der Waals surface area contributed by atoms with Crippen molar-refractivity contribution in [3.05, 3.63) is 0 Å². The van der Waals surface area contributed by atoms with E-state index in [1.165, 1.54) is 0 Å². The summed E-state index contributed by atoms with van der Waals surface area (Å²) in [5, 5.41) is 0. The van der Waals surface area contributed by atoms with Crippen LogP contribution < -0.4 is 0 Å². The zero-order valence-electron chi connectivity index (χ0n) is 13.5. The van der Waals surface area contributed by atoms with Gasteiger partial charge < -0.3 is 13.3 Å². The second kappa shape index (κ2) is 9.85. The second-order valence-corrected chi connectivity index (χ2v) is 8.18. The SMILES string of the molecule is CO[Si](OC)(OC)C(F)(F)C(F)CCCCCCCC(F)(F)F. The average Bonchev–Trinajstić information content (AvgIpc) is 2.47. The largest absolute Gasteiger partial charge is 0.577 e. The maximum Gasteiger partial charge on any atom is 0.577 e. The number of halogens is 6. The predicted octanol–water partition coefficient (Wildman–Crippen LogP) is 4.67. The van der Waals surface area contributed by atoms with E-state index in [1.54, 1.807) is 0 Å². The number of hydrogen-bond donors (Lipinski definition) is 0. The van der Waals surface area contributed by atoms with Crippen LogP contribution in [0.15, 0.2) is 0 Å². The van der Waals surface area contributed by atoms with Crippen molar-refractivity contribution in [2.45, 2.75) is 62.8 Å². The summed E-state index contributed by atoms with van der Waals surface area (Å²) in [5.74, 6) is 0. The number of unbranched alkanes of at least 4 members (excludes halogenated alkanes) is 4. The summed E-state index contributed by atoms with van der Waals surface area (Å²) in [6.07, 6.45) is -6.68. The molecule has 10 heteroatoms. The Balaban J connectivity index is 4.16. The van der Waals surface area contributed by atoms with Gasteiger partial charge in [0.25, 0.3) is 0 Å². The van der Waals surface area contributed by atoms with Crippen molar-refractivity contribution >= 4 is 8.80 Å². The molecule has 0 aromatic carbocycles. The minimum absolute atomic E-state index is 0.00817. The second-order valence-electron chi connectivity index (χ2n) is 5.18. The molecule has 0 fully saturated rings. The van der Waals surface area contributed by atoms with Crippen LogP contribution in [0.2, 0.25) is 0 Å². The Morgan fingerprint density at radius 1 is 0.783 bits per heavy atom. The fourth-order valence-electron chi connectivity index (χ4n) is 2.21. The molecule has 140 valence electrons. The highest BCUT2D eigenvalue weighted by atomic mass is 28.4. The summed E-state index contributed by atoms with van der Waals surface area (Å²) >= 11 is 0. The Labute approximate surface area is 133 Å². The number of hydrogen-bond acceptors (Lipinski definition) is 3. The molecule has 0 spiro atoms. The molecule has 0 N–H and O–H groups in total. The first kappa shape index (κ1) is 22.7. The van der Waals surface area contributed by atoms with Gasteiger partial charge in [-0.25, -0.2) is 4.39 Å². The van der Waals surface area contributed by atoms with Crippen LogP contribution in [-0.4, -0.2) is 48.0 Å². The normalized spacial score (nSPS) is 15.0. The van der Waals surface area contributed by atoms with Crippen molar-refractivity contribution < 1.29 is 39.6 Å². The molecule has 0 aromatic rings. The molecule has 0 aliphatic carbocycles. The van der Waals surface area contributed by atoms with E-state index in [-0.39, 0.29) is 12.8 Å². The number of alkyl halides is 6. The topological polar surface area (TPSA) is 27.7 Å². The lowest BCUT2D eigenvalue weighted by molar-refractivity contribution is -0.135. The molecule has 3 nitrogen and oxygen atoms in total. The third-order valence-corrected chi connectivity index (χ3v) is 6.27. The van der Waals surface area contributed by atoms with Crippen molar-refractivity contribution in [3.63, 3.8) is 0 Å². The molecule has 0 aliphatic heterocycles. The Hall–Kier alpha value is -0.323. The molecule has 0 bridgehead atoms. The standard InChI is InChI=1S/C13H24F6O3Si/c1-20-23(21-2,22-3)13(18,19)11(14)9-7-5-4-6-8-10-12(15,16)17/h11H,4-10H2,1-3H3. The van der Waals surface area contributed by atoms with Crippen LogP contribution >= 0.6 is 0 Å². The van der Waals surface area contributed by atoms with Gasteiger partial charge in [0, 0.05) is 27.8 Å². The van der Waals surface area contributed by atoms with Crippen LogP contribution in [0.4, 0.5) is 26.3 Å². The highest BCUT2D eigenvalue weighted by molar-refractivity contribution is 6.63. The van der Waals surface area contributed by atoms with Crippen molar-refractivity contribution in [1.82, 2.24) is 0 Å².